The van der Waals surface area contributed by atoms with Gasteiger partial charge in [0, 0.05) is 11.8 Å². The molecule has 1 aromatic rings. The number of amidine groups is 1. The molecule has 2 nitrogen and oxygen atoms in total. The Morgan fingerprint density at radius 3 is 2.75 bits per heavy atom. The van der Waals surface area contributed by atoms with Crippen molar-refractivity contribution in [3.63, 3.8) is 0 Å². The van der Waals surface area contributed by atoms with Crippen molar-refractivity contribution in [2.45, 2.75) is 51.1 Å². The summed E-state index contributed by atoms with van der Waals surface area (Å²) < 4.78 is 0. The van der Waals surface area contributed by atoms with Crippen LogP contribution in [0.1, 0.15) is 50.6 Å². The van der Waals surface area contributed by atoms with Crippen LogP contribution in [0.2, 0.25) is 0 Å². The topological polar surface area (TPSA) is 24.4 Å². The van der Waals surface area contributed by atoms with E-state index in [4.69, 9.17) is 4.99 Å². The lowest BCUT2D eigenvalue weighted by atomic mass is 9.97. The molecule has 3 atom stereocenters. The van der Waals surface area contributed by atoms with Crippen LogP contribution in [0.25, 0.3) is 0 Å². The molecule has 1 saturated carbocycles. The highest BCUT2D eigenvalue weighted by Crippen LogP contribution is 2.31. The third-order valence-corrected chi connectivity index (χ3v) is 5.48. The van der Waals surface area contributed by atoms with Crippen molar-refractivity contribution in [1.29, 1.82) is 0 Å². The van der Waals surface area contributed by atoms with Crippen molar-refractivity contribution in [2.24, 2.45) is 10.9 Å². The molecule has 1 N–H and O–H groups in total. The normalized spacial score (nSPS) is 30.6. The maximum Gasteiger partial charge on any atom is 0.157 e. The van der Waals surface area contributed by atoms with Gasteiger partial charge in [0.15, 0.2) is 5.17 Å². The highest BCUT2D eigenvalue weighted by molar-refractivity contribution is 8.14. The van der Waals surface area contributed by atoms with Crippen molar-refractivity contribution in [1.82, 2.24) is 5.32 Å². The molecular weight excluding hydrogens is 264 g/mol. The second-order valence-electron chi connectivity index (χ2n) is 6.04. The lowest BCUT2D eigenvalue weighted by Crippen LogP contribution is -2.36. The van der Waals surface area contributed by atoms with Gasteiger partial charge < -0.3 is 5.32 Å². The molecule has 0 spiro atoms. The number of hydrogen-bond donors (Lipinski definition) is 1. The fourth-order valence-corrected chi connectivity index (χ4v) is 4.18. The number of rotatable bonds is 2. The minimum Gasteiger partial charge on any atom is -0.362 e. The molecule has 1 aromatic carbocycles. The van der Waals surface area contributed by atoms with Crippen LogP contribution >= 0.6 is 11.8 Å². The Kier molecular flexibility index (Phi) is 4.66. The summed E-state index contributed by atoms with van der Waals surface area (Å²) in [7, 11) is 0. The minimum atomic E-state index is 0.338. The molecule has 1 aliphatic heterocycles. The van der Waals surface area contributed by atoms with Crippen molar-refractivity contribution < 1.29 is 0 Å². The highest BCUT2D eigenvalue weighted by Gasteiger charge is 2.25. The first kappa shape index (κ1) is 14.0. The third kappa shape index (κ3) is 3.38. The van der Waals surface area contributed by atoms with Crippen LogP contribution in [0.3, 0.4) is 0 Å². The van der Waals surface area contributed by atoms with Gasteiger partial charge >= 0.3 is 0 Å². The van der Waals surface area contributed by atoms with Crippen molar-refractivity contribution in [2.75, 3.05) is 5.75 Å². The maximum atomic E-state index is 4.89. The molecule has 0 bridgehead atoms. The van der Waals surface area contributed by atoms with E-state index in [0.717, 1.165) is 16.8 Å². The lowest BCUT2D eigenvalue weighted by Gasteiger charge is -2.23. The van der Waals surface area contributed by atoms with Crippen LogP contribution < -0.4 is 5.32 Å². The molecule has 0 radical (unpaired) electrons. The van der Waals surface area contributed by atoms with E-state index in [2.05, 4.69) is 42.6 Å². The van der Waals surface area contributed by atoms with Crippen LogP contribution in [0.5, 0.6) is 0 Å². The average Bonchev–Trinajstić information content (AvgIpc) is 2.86. The van der Waals surface area contributed by atoms with Gasteiger partial charge in [-0.1, -0.05) is 68.3 Å². The molecule has 108 valence electrons. The molecule has 3 rings (SSSR count). The zero-order chi connectivity index (χ0) is 13.8. The average molecular weight is 288 g/mol. The van der Waals surface area contributed by atoms with Crippen molar-refractivity contribution >= 4 is 16.9 Å². The van der Waals surface area contributed by atoms with Crippen molar-refractivity contribution in [3.05, 3.63) is 35.9 Å². The third-order valence-electron chi connectivity index (χ3n) is 4.51. The Labute approximate surface area is 126 Å². The molecular formula is C17H24N2S. The van der Waals surface area contributed by atoms with Crippen LogP contribution in [0.15, 0.2) is 35.3 Å². The van der Waals surface area contributed by atoms with E-state index in [-0.39, 0.29) is 0 Å². The molecule has 0 amide bonds. The Bertz CT molecular complexity index is 457. The number of nitrogens with zero attached hydrogens (tertiary/aromatic N) is 1. The second-order valence-corrected chi connectivity index (χ2v) is 7.05. The van der Waals surface area contributed by atoms with Gasteiger partial charge in [-0.3, -0.25) is 4.99 Å². The minimum absolute atomic E-state index is 0.338. The van der Waals surface area contributed by atoms with E-state index in [1.54, 1.807) is 0 Å². The Morgan fingerprint density at radius 1 is 1.10 bits per heavy atom. The molecule has 1 fully saturated rings. The molecule has 0 aromatic heterocycles. The monoisotopic (exact) mass is 288 g/mol. The summed E-state index contributed by atoms with van der Waals surface area (Å²) in [5.74, 6) is 1.85. The van der Waals surface area contributed by atoms with Crippen LogP contribution in [-0.2, 0) is 0 Å². The molecule has 3 heteroatoms. The van der Waals surface area contributed by atoms with E-state index >= 15 is 0 Å². The number of benzene rings is 1. The Balaban J connectivity index is 1.63. The quantitative estimate of drug-likeness (QED) is 0.816. The summed E-state index contributed by atoms with van der Waals surface area (Å²) in [4.78, 5) is 4.89. The molecule has 2 aliphatic rings. The van der Waals surface area contributed by atoms with E-state index < -0.39 is 0 Å². The van der Waals surface area contributed by atoms with Crippen LogP contribution in [-0.4, -0.2) is 17.0 Å². The second kappa shape index (κ2) is 6.66. The van der Waals surface area contributed by atoms with Crippen LogP contribution in [0.4, 0.5) is 0 Å². The largest absolute Gasteiger partial charge is 0.362 e. The lowest BCUT2D eigenvalue weighted by molar-refractivity contribution is 0.402. The van der Waals surface area contributed by atoms with E-state index in [1.165, 1.54) is 37.7 Å². The standard InChI is InChI=1S/C17H24N2S/c1-13-8-4-2-7-11-15(13)18-17-19-16(12-20-17)14-9-5-3-6-10-14/h3,5-6,9-10,13,15-16H,2,4,7-8,11-12H2,1H3,(H,18,19). The molecule has 0 saturated heterocycles. The van der Waals surface area contributed by atoms with E-state index in [9.17, 15) is 0 Å². The fourth-order valence-electron chi connectivity index (χ4n) is 3.16. The predicted molar refractivity (Wildman–Crippen MR) is 88.2 cm³/mol. The first-order valence-electron chi connectivity index (χ1n) is 7.85. The summed E-state index contributed by atoms with van der Waals surface area (Å²) in [5, 5.41) is 4.88. The van der Waals surface area contributed by atoms with Gasteiger partial charge in [-0.15, -0.1) is 0 Å². The van der Waals surface area contributed by atoms with E-state index in [1.807, 2.05) is 11.8 Å². The first-order chi connectivity index (χ1) is 9.83. The summed E-state index contributed by atoms with van der Waals surface area (Å²) >= 11 is 1.89. The Hall–Kier alpha value is -0.960. The molecule has 20 heavy (non-hydrogen) atoms. The van der Waals surface area contributed by atoms with Gasteiger partial charge in [-0.25, -0.2) is 0 Å². The molecule has 1 heterocycles. The molecule has 3 unspecified atom stereocenters. The summed E-state index contributed by atoms with van der Waals surface area (Å²) in [6.07, 6.45) is 6.82. The van der Waals surface area contributed by atoms with Gasteiger partial charge in [-0.05, 0) is 24.3 Å². The number of aliphatic imine (C=N–C) groups is 1. The number of nitrogens with one attached hydrogen (secondary N) is 1. The first-order valence-corrected chi connectivity index (χ1v) is 8.83. The highest BCUT2D eigenvalue weighted by atomic mass is 32.2. The van der Waals surface area contributed by atoms with Crippen molar-refractivity contribution in [3.8, 4) is 0 Å². The SMILES string of the molecule is CC1CCCCCC1NC1=NC(c2ccccc2)CS1. The zero-order valence-corrected chi connectivity index (χ0v) is 13.0. The summed E-state index contributed by atoms with van der Waals surface area (Å²) in [6.45, 7) is 2.39. The smallest absolute Gasteiger partial charge is 0.157 e. The summed E-state index contributed by atoms with van der Waals surface area (Å²) in [6, 6.07) is 11.6. The van der Waals surface area contributed by atoms with Gasteiger partial charge in [0.25, 0.3) is 0 Å². The predicted octanol–water partition coefficient (Wildman–Crippen LogP) is 4.39. The van der Waals surface area contributed by atoms with Gasteiger partial charge in [0.1, 0.15) is 0 Å². The molecule has 1 aliphatic carbocycles. The number of thioether (sulfide) groups is 1. The maximum absolute atomic E-state index is 4.89. The zero-order valence-electron chi connectivity index (χ0n) is 12.2. The Morgan fingerprint density at radius 2 is 1.90 bits per heavy atom. The number of hydrogen-bond acceptors (Lipinski definition) is 3. The summed E-state index contributed by atoms with van der Waals surface area (Å²) in [5.41, 5.74) is 1.34. The van der Waals surface area contributed by atoms with Gasteiger partial charge in [0.2, 0.25) is 0 Å². The van der Waals surface area contributed by atoms with E-state index in [0.29, 0.717) is 12.1 Å². The van der Waals surface area contributed by atoms with Gasteiger partial charge in [-0.2, -0.15) is 0 Å². The van der Waals surface area contributed by atoms with Crippen LogP contribution in [0, 0.1) is 5.92 Å². The van der Waals surface area contributed by atoms with Gasteiger partial charge in [0.05, 0.1) is 6.04 Å². The fraction of sp³-hybridized carbons (Fsp3) is 0.588.